The van der Waals surface area contributed by atoms with Crippen LogP contribution in [0.2, 0.25) is 0 Å². The van der Waals surface area contributed by atoms with E-state index in [2.05, 4.69) is 4.72 Å². The molecule has 0 bridgehead atoms. The molecule has 0 aliphatic rings. The second kappa shape index (κ2) is 6.53. The summed E-state index contributed by atoms with van der Waals surface area (Å²) in [5, 5.41) is 9.28. The molecule has 2 N–H and O–H groups in total. The summed E-state index contributed by atoms with van der Waals surface area (Å²) in [5.41, 5.74) is -0.813. The molecule has 0 atom stereocenters. The molecule has 0 aliphatic heterocycles. The van der Waals surface area contributed by atoms with Gasteiger partial charge in [-0.2, -0.15) is 0 Å². The lowest BCUT2D eigenvalue weighted by Gasteiger charge is -2.26. The Balaban J connectivity index is 3.00. The molecular weight excluding hydrogens is 297 g/mol. The van der Waals surface area contributed by atoms with Crippen molar-refractivity contribution in [1.29, 1.82) is 0 Å². The first-order valence-corrected chi connectivity index (χ1v) is 8.16. The van der Waals surface area contributed by atoms with Crippen LogP contribution in [0.25, 0.3) is 0 Å². The van der Waals surface area contributed by atoms with Crippen LogP contribution in [0, 0.1) is 18.2 Å². The predicted octanol–water partition coefficient (Wildman–Crippen LogP) is 2.30. The molecule has 0 saturated heterocycles. The maximum Gasteiger partial charge on any atom is 0.310 e. The highest BCUT2D eigenvalue weighted by Gasteiger charge is 2.36. The number of hydrogen-bond donors (Lipinski definition) is 2. The Kier molecular flexibility index (Phi) is 5.47. The monoisotopic (exact) mass is 317 g/mol. The Morgan fingerprint density at radius 1 is 1.33 bits per heavy atom. The van der Waals surface area contributed by atoms with Gasteiger partial charge in [0.15, 0.2) is 0 Å². The molecule has 0 saturated carbocycles. The Labute approximate surface area is 124 Å². The second-order valence-corrected chi connectivity index (χ2v) is 6.80. The molecular formula is C14H20FNO4S. The summed E-state index contributed by atoms with van der Waals surface area (Å²) < 4.78 is 40.0. The van der Waals surface area contributed by atoms with Gasteiger partial charge in [0.2, 0.25) is 10.0 Å². The fraction of sp³-hybridized carbons (Fsp3) is 0.500. The highest BCUT2D eigenvalue weighted by Crippen LogP contribution is 2.26. The van der Waals surface area contributed by atoms with Crippen molar-refractivity contribution in [1.82, 2.24) is 4.72 Å². The van der Waals surface area contributed by atoms with Gasteiger partial charge in [-0.1, -0.05) is 19.9 Å². The molecule has 0 amide bonds. The van der Waals surface area contributed by atoms with E-state index < -0.39 is 27.2 Å². The Hall–Kier alpha value is -1.47. The molecule has 1 aromatic carbocycles. The van der Waals surface area contributed by atoms with Crippen molar-refractivity contribution in [2.45, 2.75) is 38.5 Å². The van der Waals surface area contributed by atoms with Gasteiger partial charge in [0.05, 0.1) is 10.3 Å². The normalized spacial score (nSPS) is 12.4. The molecule has 0 unspecified atom stereocenters. The maximum atomic E-state index is 13.5. The fourth-order valence-corrected chi connectivity index (χ4v) is 3.07. The van der Waals surface area contributed by atoms with Gasteiger partial charge in [0, 0.05) is 6.54 Å². The quantitative estimate of drug-likeness (QED) is 0.808. The van der Waals surface area contributed by atoms with E-state index in [1.165, 1.54) is 19.1 Å². The summed E-state index contributed by atoms with van der Waals surface area (Å²) in [6, 6.07) is 3.59. The minimum Gasteiger partial charge on any atom is -0.481 e. The van der Waals surface area contributed by atoms with Gasteiger partial charge >= 0.3 is 5.97 Å². The van der Waals surface area contributed by atoms with E-state index in [1.54, 1.807) is 13.8 Å². The van der Waals surface area contributed by atoms with Crippen molar-refractivity contribution in [2.24, 2.45) is 5.41 Å². The van der Waals surface area contributed by atoms with Crippen molar-refractivity contribution < 1.29 is 22.7 Å². The van der Waals surface area contributed by atoms with Crippen LogP contribution in [0.4, 0.5) is 4.39 Å². The second-order valence-electron chi connectivity index (χ2n) is 5.03. The summed E-state index contributed by atoms with van der Waals surface area (Å²) in [7, 11) is -3.94. The predicted molar refractivity (Wildman–Crippen MR) is 77.0 cm³/mol. The topological polar surface area (TPSA) is 83.5 Å². The smallest absolute Gasteiger partial charge is 0.310 e. The van der Waals surface area contributed by atoms with Crippen LogP contribution >= 0.6 is 0 Å². The van der Waals surface area contributed by atoms with E-state index in [1.807, 2.05) is 0 Å². The van der Waals surface area contributed by atoms with Crippen LogP contribution < -0.4 is 4.72 Å². The average Bonchev–Trinajstić information content (AvgIpc) is 2.43. The molecule has 1 aromatic rings. The molecule has 5 nitrogen and oxygen atoms in total. The standard InChI is InChI=1S/C14H20FNO4S/c1-4-14(5-2,13(17)18)9-16-21(19,20)11-7-6-10(3)12(15)8-11/h6-8,16H,4-5,9H2,1-3H3,(H,17,18). The molecule has 0 heterocycles. The largest absolute Gasteiger partial charge is 0.481 e. The number of aliphatic carboxylic acids is 1. The van der Waals surface area contributed by atoms with Crippen molar-refractivity contribution in [3.63, 3.8) is 0 Å². The molecule has 0 aromatic heterocycles. The van der Waals surface area contributed by atoms with Crippen LogP contribution in [0.1, 0.15) is 32.3 Å². The molecule has 0 radical (unpaired) electrons. The summed E-state index contributed by atoms with van der Waals surface area (Å²) in [6.45, 7) is 4.69. The van der Waals surface area contributed by atoms with Crippen LogP contribution in [0.15, 0.2) is 23.1 Å². The van der Waals surface area contributed by atoms with Crippen LogP contribution in [0.5, 0.6) is 0 Å². The number of halogens is 1. The number of carbonyl (C=O) groups is 1. The van der Waals surface area contributed by atoms with Gasteiger partial charge in [-0.25, -0.2) is 17.5 Å². The highest BCUT2D eigenvalue weighted by molar-refractivity contribution is 7.89. The van der Waals surface area contributed by atoms with E-state index in [4.69, 9.17) is 0 Å². The Morgan fingerprint density at radius 3 is 2.33 bits per heavy atom. The third kappa shape index (κ3) is 3.79. The molecule has 7 heteroatoms. The molecule has 0 aliphatic carbocycles. The number of benzene rings is 1. The number of rotatable bonds is 7. The van der Waals surface area contributed by atoms with E-state index >= 15 is 0 Å². The van der Waals surface area contributed by atoms with Crippen LogP contribution in [-0.2, 0) is 14.8 Å². The number of sulfonamides is 1. The Bertz CT molecular complexity index is 624. The Morgan fingerprint density at radius 2 is 1.90 bits per heavy atom. The minimum absolute atomic E-state index is 0.211. The van der Waals surface area contributed by atoms with Gasteiger partial charge in [-0.3, -0.25) is 4.79 Å². The van der Waals surface area contributed by atoms with E-state index in [9.17, 15) is 22.7 Å². The van der Waals surface area contributed by atoms with E-state index in [0.717, 1.165) is 6.07 Å². The number of nitrogens with one attached hydrogen (secondary N) is 1. The third-order valence-electron chi connectivity index (χ3n) is 3.86. The highest BCUT2D eigenvalue weighted by atomic mass is 32.2. The average molecular weight is 317 g/mol. The lowest BCUT2D eigenvalue weighted by Crippen LogP contribution is -2.42. The summed E-state index contributed by atoms with van der Waals surface area (Å²) in [6.07, 6.45) is 0.591. The van der Waals surface area contributed by atoms with Crippen molar-refractivity contribution >= 4 is 16.0 Å². The van der Waals surface area contributed by atoms with Gasteiger partial charge < -0.3 is 5.11 Å². The number of aryl methyl sites for hydroxylation is 1. The molecule has 0 fully saturated rings. The third-order valence-corrected chi connectivity index (χ3v) is 5.26. The summed E-state index contributed by atoms with van der Waals surface area (Å²) in [4.78, 5) is 11.1. The maximum absolute atomic E-state index is 13.5. The van der Waals surface area contributed by atoms with Gasteiger partial charge in [-0.05, 0) is 37.5 Å². The number of carboxylic acids is 1. The lowest BCUT2D eigenvalue weighted by molar-refractivity contribution is -0.149. The van der Waals surface area contributed by atoms with Gasteiger partial charge in [0.25, 0.3) is 0 Å². The number of hydrogen-bond acceptors (Lipinski definition) is 3. The van der Waals surface area contributed by atoms with Gasteiger partial charge in [0.1, 0.15) is 5.82 Å². The van der Waals surface area contributed by atoms with Gasteiger partial charge in [-0.15, -0.1) is 0 Å². The SMILES string of the molecule is CCC(CC)(CNS(=O)(=O)c1ccc(C)c(F)c1)C(=O)O. The van der Waals surface area contributed by atoms with Crippen LogP contribution in [0.3, 0.4) is 0 Å². The fourth-order valence-electron chi connectivity index (χ4n) is 1.94. The van der Waals surface area contributed by atoms with Crippen molar-refractivity contribution in [3.05, 3.63) is 29.6 Å². The molecule has 118 valence electrons. The molecule has 0 spiro atoms. The molecule has 21 heavy (non-hydrogen) atoms. The zero-order chi connectivity index (χ0) is 16.3. The molecule has 1 rings (SSSR count). The van der Waals surface area contributed by atoms with Crippen LogP contribution in [-0.4, -0.2) is 26.0 Å². The first kappa shape index (κ1) is 17.6. The first-order valence-electron chi connectivity index (χ1n) is 6.67. The van der Waals surface area contributed by atoms with Crippen molar-refractivity contribution in [3.8, 4) is 0 Å². The summed E-state index contributed by atoms with van der Waals surface area (Å²) >= 11 is 0. The zero-order valence-electron chi connectivity index (χ0n) is 12.3. The van der Waals surface area contributed by atoms with E-state index in [0.29, 0.717) is 18.4 Å². The lowest BCUT2D eigenvalue weighted by atomic mass is 9.83. The number of carboxylic acid groups (broad SMARTS) is 1. The summed E-state index contributed by atoms with van der Waals surface area (Å²) in [5.74, 6) is -1.67. The minimum atomic E-state index is -3.94. The van der Waals surface area contributed by atoms with E-state index in [-0.39, 0.29) is 11.4 Å². The zero-order valence-corrected chi connectivity index (χ0v) is 13.1. The van der Waals surface area contributed by atoms with Crippen molar-refractivity contribution in [2.75, 3.05) is 6.54 Å². The first-order chi connectivity index (χ1) is 9.68.